The van der Waals surface area contributed by atoms with Gasteiger partial charge < -0.3 is 9.80 Å². The van der Waals surface area contributed by atoms with Crippen LogP contribution in [0.5, 0.6) is 0 Å². The second-order valence-electron chi connectivity index (χ2n) is 8.18. The number of rotatable bonds is 5. The predicted octanol–water partition coefficient (Wildman–Crippen LogP) is 2.88. The van der Waals surface area contributed by atoms with E-state index < -0.39 is 10.0 Å². The molecule has 0 spiro atoms. The third kappa shape index (κ3) is 4.98. The van der Waals surface area contributed by atoms with Crippen LogP contribution < -0.4 is 4.90 Å². The number of carbonyl (C=O) groups excluding carboxylic acids is 1. The van der Waals surface area contributed by atoms with Crippen LogP contribution in [0.4, 0.5) is 5.82 Å². The van der Waals surface area contributed by atoms with Gasteiger partial charge in [-0.1, -0.05) is 17.7 Å². The normalized spacial score (nSPS) is 14.4. The van der Waals surface area contributed by atoms with Crippen LogP contribution in [0.3, 0.4) is 0 Å². The average Bonchev–Trinajstić information content (AvgIpc) is 2.88. The monoisotopic (exact) mass is 510 g/mol. The van der Waals surface area contributed by atoms with E-state index in [1.165, 1.54) is 27.7 Å². The number of hydrogen-bond donors (Lipinski definition) is 0. The number of benzene rings is 1. The molecule has 3 heterocycles. The minimum atomic E-state index is -3.63. The fraction of sp³-hybridized carbons (Fsp3) is 0.250. The number of piperazine rings is 1. The maximum absolute atomic E-state index is 12.9. The van der Waals surface area contributed by atoms with Gasteiger partial charge in [0.05, 0.1) is 16.1 Å². The Morgan fingerprint density at radius 2 is 1.83 bits per heavy atom. The zero-order valence-electron chi connectivity index (χ0n) is 19.2. The van der Waals surface area contributed by atoms with Crippen LogP contribution in [0.1, 0.15) is 15.9 Å². The molecule has 1 amide bonds. The molecular weight excluding hydrogens is 488 g/mol. The van der Waals surface area contributed by atoms with Crippen molar-refractivity contribution in [3.05, 3.63) is 71.1 Å². The van der Waals surface area contributed by atoms with Crippen molar-refractivity contribution in [2.24, 2.45) is 0 Å². The summed E-state index contributed by atoms with van der Waals surface area (Å²) in [5, 5.41) is 10.1. The summed E-state index contributed by atoms with van der Waals surface area (Å²) in [7, 11) is -0.316. The van der Waals surface area contributed by atoms with Crippen molar-refractivity contribution in [1.29, 1.82) is 5.26 Å². The van der Waals surface area contributed by atoms with Crippen molar-refractivity contribution >= 4 is 33.3 Å². The molecule has 0 N–H and O–H groups in total. The van der Waals surface area contributed by atoms with Gasteiger partial charge in [0.15, 0.2) is 0 Å². The van der Waals surface area contributed by atoms with Crippen molar-refractivity contribution in [3.8, 4) is 17.2 Å². The summed E-state index contributed by atoms with van der Waals surface area (Å²) in [5.41, 5.74) is 2.18. The van der Waals surface area contributed by atoms with E-state index in [2.05, 4.69) is 16.0 Å². The summed E-state index contributed by atoms with van der Waals surface area (Å²) in [6.07, 6.45) is 4.51. The molecule has 0 bridgehead atoms. The molecule has 35 heavy (non-hydrogen) atoms. The van der Waals surface area contributed by atoms with Crippen molar-refractivity contribution in [3.63, 3.8) is 0 Å². The highest BCUT2D eigenvalue weighted by molar-refractivity contribution is 7.89. The largest absolute Gasteiger partial charge is 0.353 e. The first kappa shape index (κ1) is 24.6. The molecule has 1 aliphatic heterocycles. The van der Waals surface area contributed by atoms with Gasteiger partial charge >= 0.3 is 0 Å². The molecule has 1 aliphatic rings. The van der Waals surface area contributed by atoms with Gasteiger partial charge in [-0.05, 0) is 35.9 Å². The first-order chi connectivity index (χ1) is 16.7. The van der Waals surface area contributed by atoms with Gasteiger partial charge in [0, 0.05) is 64.4 Å². The van der Waals surface area contributed by atoms with Gasteiger partial charge in [0.2, 0.25) is 10.0 Å². The summed E-state index contributed by atoms with van der Waals surface area (Å²) < 4.78 is 27.1. The first-order valence-electron chi connectivity index (χ1n) is 10.8. The van der Waals surface area contributed by atoms with Gasteiger partial charge in [-0.15, -0.1) is 0 Å². The molecule has 9 nitrogen and oxygen atoms in total. The van der Waals surface area contributed by atoms with Gasteiger partial charge in [-0.3, -0.25) is 9.78 Å². The van der Waals surface area contributed by atoms with Crippen LogP contribution in [0.2, 0.25) is 5.02 Å². The number of amides is 1. The Kier molecular flexibility index (Phi) is 7.03. The molecule has 180 valence electrons. The van der Waals surface area contributed by atoms with E-state index in [1.807, 2.05) is 4.90 Å². The molecule has 0 atom stereocenters. The number of sulfonamides is 1. The lowest BCUT2D eigenvalue weighted by atomic mass is 10.0. The topological polar surface area (TPSA) is 110 Å². The number of nitriles is 1. The second-order valence-corrected chi connectivity index (χ2v) is 10.5. The van der Waals surface area contributed by atoms with Gasteiger partial charge in [0.25, 0.3) is 5.91 Å². The molecule has 3 aromatic rings. The van der Waals surface area contributed by atoms with Crippen molar-refractivity contribution in [2.45, 2.75) is 4.90 Å². The third-order valence-electron chi connectivity index (χ3n) is 5.74. The fourth-order valence-corrected chi connectivity index (χ4v) is 5.50. The Balaban J connectivity index is 1.53. The molecule has 2 aromatic heterocycles. The summed E-state index contributed by atoms with van der Waals surface area (Å²) in [4.78, 5) is 24.2. The van der Waals surface area contributed by atoms with Crippen LogP contribution >= 0.6 is 11.6 Å². The molecule has 1 aromatic carbocycles. The van der Waals surface area contributed by atoms with E-state index in [0.29, 0.717) is 40.6 Å². The highest BCUT2D eigenvalue weighted by atomic mass is 35.5. The van der Waals surface area contributed by atoms with E-state index in [0.717, 1.165) is 5.56 Å². The number of halogens is 1. The molecule has 0 saturated carbocycles. The highest BCUT2D eigenvalue weighted by Crippen LogP contribution is 2.29. The Bertz CT molecular complexity index is 1400. The molecule has 11 heteroatoms. The first-order valence-corrected chi connectivity index (χ1v) is 12.6. The maximum atomic E-state index is 12.9. The summed E-state index contributed by atoms with van der Waals surface area (Å²) in [6.45, 7) is 1.33. The Morgan fingerprint density at radius 3 is 2.43 bits per heavy atom. The number of hydrogen-bond acceptors (Lipinski definition) is 7. The molecular formula is C24H23ClN6O3S. The molecule has 0 aliphatic carbocycles. The minimum absolute atomic E-state index is 0.158. The number of aromatic nitrogens is 2. The van der Waals surface area contributed by atoms with Crippen LogP contribution in [-0.2, 0) is 10.0 Å². The molecule has 1 saturated heterocycles. The van der Waals surface area contributed by atoms with Crippen LogP contribution in [0.15, 0.2) is 59.9 Å². The number of nitrogens with zero attached hydrogens (tertiary/aromatic N) is 6. The summed E-state index contributed by atoms with van der Waals surface area (Å²) in [6, 6.07) is 12.1. The third-order valence-corrected chi connectivity index (χ3v) is 7.93. The molecule has 0 unspecified atom stereocenters. The average molecular weight is 511 g/mol. The zero-order valence-corrected chi connectivity index (χ0v) is 20.8. The van der Waals surface area contributed by atoms with E-state index in [9.17, 15) is 18.5 Å². The van der Waals surface area contributed by atoms with E-state index in [1.54, 1.807) is 50.6 Å². The standard InChI is InChI=1S/C24H23ClN6O3S/c1-29(2)24(32)21-6-5-17(13-22(21)25)19-12-18(14-26)23(28-15-19)30-8-10-31(11-9-30)35(33,34)20-4-3-7-27-16-20/h3-7,12-13,15-16H,8-11H2,1-2H3. The number of carbonyl (C=O) groups is 1. The van der Waals surface area contributed by atoms with Crippen molar-refractivity contribution < 1.29 is 13.2 Å². The lowest BCUT2D eigenvalue weighted by Gasteiger charge is -2.35. The summed E-state index contributed by atoms with van der Waals surface area (Å²) >= 11 is 6.34. The molecule has 4 rings (SSSR count). The minimum Gasteiger partial charge on any atom is -0.353 e. The van der Waals surface area contributed by atoms with Crippen molar-refractivity contribution in [1.82, 2.24) is 19.2 Å². The lowest BCUT2D eigenvalue weighted by molar-refractivity contribution is 0.0828. The van der Waals surface area contributed by atoms with E-state index >= 15 is 0 Å². The maximum Gasteiger partial charge on any atom is 0.254 e. The van der Waals surface area contributed by atoms with Gasteiger partial charge in [-0.25, -0.2) is 13.4 Å². The predicted molar refractivity (Wildman–Crippen MR) is 133 cm³/mol. The van der Waals surface area contributed by atoms with Crippen LogP contribution in [0.25, 0.3) is 11.1 Å². The smallest absolute Gasteiger partial charge is 0.254 e. The Hall–Kier alpha value is -3.52. The zero-order chi connectivity index (χ0) is 25.2. The van der Waals surface area contributed by atoms with Gasteiger partial charge in [-0.2, -0.15) is 9.57 Å². The molecule has 1 fully saturated rings. The second kappa shape index (κ2) is 10.00. The van der Waals surface area contributed by atoms with Crippen LogP contribution in [-0.4, -0.2) is 73.8 Å². The van der Waals surface area contributed by atoms with E-state index in [-0.39, 0.29) is 23.9 Å². The highest BCUT2D eigenvalue weighted by Gasteiger charge is 2.30. The summed E-state index contributed by atoms with van der Waals surface area (Å²) in [5.74, 6) is 0.303. The molecule has 0 radical (unpaired) electrons. The lowest BCUT2D eigenvalue weighted by Crippen LogP contribution is -2.49. The quantitative estimate of drug-likeness (QED) is 0.519. The van der Waals surface area contributed by atoms with E-state index in [4.69, 9.17) is 11.6 Å². The van der Waals surface area contributed by atoms with Crippen molar-refractivity contribution in [2.75, 3.05) is 45.2 Å². The SMILES string of the molecule is CN(C)C(=O)c1ccc(-c2cnc(N3CCN(S(=O)(=O)c4cccnc4)CC3)c(C#N)c2)cc1Cl. The Morgan fingerprint density at radius 1 is 1.09 bits per heavy atom. The fourth-order valence-electron chi connectivity index (χ4n) is 3.85. The number of pyridine rings is 2. The van der Waals surface area contributed by atoms with Gasteiger partial charge in [0.1, 0.15) is 16.8 Å². The van der Waals surface area contributed by atoms with Crippen LogP contribution in [0, 0.1) is 11.3 Å². The number of anilines is 1. The Labute approximate surface area is 209 Å².